The highest BCUT2D eigenvalue weighted by Gasteiger charge is 2.10. The zero-order chi connectivity index (χ0) is 16.4. The average molecular weight is 337 g/mol. The SMILES string of the molecule is O=C(NCCc1ccco1)c1ccc2nc(-n3cccc3)sc2c1. The summed E-state index contributed by atoms with van der Waals surface area (Å²) in [5.74, 6) is 0.781. The molecular formula is C18H15N3O2S. The molecule has 4 aromatic rings. The molecule has 3 aromatic heterocycles. The van der Waals surface area contributed by atoms with Crippen LogP contribution in [0.1, 0.15) is 16.1 Å². The van der Waals surface area contributed by atoms with Crippen molar-refractivity contribution in [3.05, 3.63) is 72.4 Å². The number of nitrogens with one attached hydrogen (secondary N) is 1. The van der Waals surface area contributed by atoms with Gasteiger partial charge in [-0.2, -0.15) is 0 Å². The number of benzene rings is 1. The molecule has 0 aliphatic rings. The summed E-state index contributed by atoms with van der Waals surface area (Å²) in [6.45, 7) is 0.543. The topological polar surface area (TPSA) is 60.1 Å². The lowest BCUT2D eigenvalue weighted by Gasteiger charge is -2.04. The Kier molecular flexibility index (Phi) is 3.88. The molecule has 0 saturated carbocycles. The molecule has 0 unspecified atom stereocenters. The van der Waals surface area contributed by atoms with Gasteiger partial charge in [-0.15, -0.1) is 0 Å². The molecule has 0 saturated heterocycles. The van der Waals surface area contributed by atoms with Gasteiger partial charge in [-0.3, -0.25) is 4.79 Å². The van der Waals surface area contributed by atoms with E-state index in [1.807, 2.05) is 59.4 Å². The first-order chi connectivity index (χ1) is 11.8. The zero-order valence-electron chi connectivity index (χ0n) is 12.8. The minimum atomic E-state index is -0.0839. The van der Waals surface area contributed by atoms with E-state index in [1.54, 1.807) is 17.6 Å². The summed E-state index contributed by atoms with van der Waals surface area (Å²) in [6, 6.07) is 13.3. The second-order valence-corrected chi connectivity index (χ2v) is 6.36. The third-order valence-corrected chi connectivity index (χ3v) is 4.73. The summed E-state index contributed by atoms with van der Waals surface area (Å²) in [4.78, 5) is 16.9. The van der Waals surface area contributed by atoms with Crippen LogP contribution in [-0.2, 0) is 6.42 Å². The minimum absolute atomic E-state index is 0.0839. The smallest absolute Gasteiger partial charge is 0.251 e. The predicted octanol–water partition coefficient (Wildman–Crippen LogP) is 3.65. The molecular weight excluding hydrogens is 322 g/mol. The van der Waals surface area contributed by atoms with Crippen molar-refractivity contribution in [1.82, 2.24) is 14.9 Å². The molecule has 0 radical (unpaired) electrons. The highest BCUT2D eigenvalue weighted by Crippen LogP contribution is 2.26. The van der Waals surface area contributed by atoms with E-state index in [0.717, 1.165) is 21.1 Å². The Bertz CT molecular complexity index is 956. The summed E-state index contributed by atoms with van der Waals surface area (Å²) in [5, 5.41) is 3.81. The highest BCUT2D eigenvalue weighted by atomic mass is 32.1. The van der Waals surface area contributed by atoms with Crippen LogP contribution >= 0.6 is 11.3 Å². The molecule has 0 aliphatic heterocycles. The van der Waals surface area contributed by atoms with Crippen LogP contribution < -0.4 is 5.32 Å². The van der Waals surface area contributed by atoms with Gasteiger partial charge in [-0.25, -0.2) is 4.98 Å². The van der Waals surface area contributed by atoms with Gasteiger partial charge in [0.2, 0.25) is 0 Å². The molecule has 0 spiro atoms. The highest BCUT2D eigenvalue weighted by molar-refractivity contribution is 7.20. The van der Waals surface area contributed by atoms with Crippen LogP contribution in [0.2, 0.25) is 0 Å². The fourth-order valence-corrected chi connectivity index (χ4v) is 3.45. The van der Waals surface area contributed by atoms with Gasteiger partial charge >= 0.3 is 0 Å². The molecule has 0 fully saturated rings. The molecule has 1 amide bonds. The second-order valence-electron chi connectivity index (χ2n) is 5.35. The van der Waals surface area contributed by atoms with E-state index in [0.29, 0.717) is 18.5 Å². The Labute approximate surface area is 142 Å². The number of hydrogen-bond donors (Lipinski definition) is 1. The van der Waals surface area contributed by atoms with Crippen molar-refractivity contribution < 1.29 is 9.21 Å². The van der Waals surface area contributed by atoms with Gasteiger partial charge in [0.25, 0.3) is 5.91 Å². The Morgan fingerprint density at radius 2 is 2.08 bits per heavy atom. The van der Waals surface area contributed by atoms with Crippen molar-refractivity contribution in [2.24, 2.45) is 0 Å². The summed E-state index contributed by atoms with van der Waals surface area (Å²) in [5.41, 5.74) is 1.54. The van der Waals surface area contributed by atoms with Gasteiger partial charge in [0.1, 0.15) is 5.76 Å². The van der Waals surface area contributed by atoms with Crippen LogP contribution in [0.25, 0.3) is 15.3 Å². The fraction of sp³-hybridized carbons (Fsp3) is 0.111. The molecule has 1 N–H and O–H groups in total. The summed E-state index contributed by atoms with van der Waals surface area (Å²) in [7, 11) is 0. The van der Waals surface area contributed by atoms with Crippen LogP contribution in [0.5, 0.6) is 0 Å². The van der Waals surface area contributed by atoms with E-state index < -0.39 is 0 Å². The maximum absolute atomic E-state index is 12.3. The van der Waals surface area contributed by atoms with Crippen molar-refractivity contribution in [3.63, 3.8) is 0 Å². The largest absolute Gasteiger partial charge is 0.469 e. The first-order valence-electron chi connectivity index (χ1n) is 7.64. The number of hydrogen-bond acceptors (Lipinski definition) is 4. The number of rotatable bonds is 5. The van der Waals surface area contributed by atoms with Crippen LogP contribution in [0, 0.1) is 0 Å². The fourth-order valence-electron chi connectivity index (χ4n) is 2.48. The predicted molar refractivity (Wildman–Crippen MR) is 93.7 cm³/mol. The molecule has 1 aromatic carbocycles. The molecule has 4 rings (SSSR count). The van der Waals surface area contributed by atoms with E-state index >= 15 is 0 Å². The molecule has 3 heterocycles. The molecule has 0 aliphatic carbocycles. The average Bonchev–Trinajstić information content (AvgIpc) is 3.33. The van der Waals surface area contributed by atoms with E-state index in [4.69, 9.17) is 4.42 Å². The van der Waals surface area contributed by atoms with Gasteiger partial charge in [0, 0.05) is 30.9 Å². The number of fused-ring (bicyclic) bond motifs is 1. The number of aromatic nitrogens is 2. The van der Waals surface area contributed by atoms with Gasteiger partial charge in [0.05, 0.1) is 16.5 Å². The van der Waals surface area contributed by atoms with Crippen LogP contribution in [0.4, 0.5) is 0 Å². The van der Waals surface area contributed by atoms with Crippen LogP contribution in [-0.4, -0.2) is 22.0 Å². The van der Waals surface area contributed by atoms with Crippen molar-refractivity contribution >= 4 is 27.5 Å². The van der Waals surface area contributed by atoms with Gasteiger partial charge in [-0.1, -0.05) is 11.3 Å². The molecule has 24 heavy (non-hydrogen) atoms. The van der Waals surface area contributed by atoms with Crippen molar-refractivity contribution in [2.75, 3.05) is 6.54 Å². The lowest BCUT2D eigenvalue weighted by Crippen LogP contribution is -2.25. The van der Waals surface area contributed by atoms with Gasteiger partial charge < -0.3 is 14.3 Å². The number of carbonyl (C=O) groups excluding carboxylic acids is 1. The Balaban J connectivity index is 1.48. The zero-order valence-corrected chi connectivity index (χ0v) is 13.6. The second kappa shape index (κ2) is 6.33. The van der Waals surface area contributed by atoms with Crippen LogP contribution in [0.15, 0.2) is 65.5 Å². The van der Waals surface area contributed by atoms with E-state index in [9.17, 15) is 4.79 Å². The van der Waals surface area contributed by atoms with Crippen LogP contribution in [0.3, 0.4) is 0 Å². The number of thiazole rings is 1. The monoisotopic (exact) mass is 337 g/mol. The third kappa shape index (κ3) is 2.96. The Morgan fingerprint density at radius 3 is 2.88 bits per heavy atom. The van der Waals surface area contributed by atoms with Gasteiger partial charge in [-0.05, 0) is 42.5 Å². The molecule has 0 bridgehead atoms. The Hall–Kier alpha value is -2.86. The Morgan fingerprint density at radius 1 is 1.21 bits per heavy atom. The minimum Gasteiger partial charge on any atom is -0.469 e. The summed E-state index contributed by atoms with van der Waals surface area (Å²) < 4.78 is 8.22. The number of carbonyl (C=O) groups is 1. The third-order valence-electron chi connectivity index (χ3n) is 3.70. The van der Waals surface area contributed by atoms with Crippen molar-refractivity contribution in [1.29, 1.82) is 0 Å². The lowest BCUT2D eigenvalue weighted by atomic mass is 10.2. The maximum atomic E-state index is 12.3. The molecule has 6 heteroatoms. The first kappa shape index (κ1) is 14.7. The number of nitrogens with zero attached hydrogens (tertiary/aromatic N) is 2. The quantitative estimate of drug-likeness (QED) is 0.605. The van der Waals surface area contributed by atoms with E-state index in [1.165, 1.54) is 0 Å². The molecule has 120 valence electrons. The lowest BCUT2D eigenvalue weighted by molar-refractivity contribution is 0.0954. The van der Waals surface area contributed by atoms with Gasteiger partial charge in [0.15, 0.2) is 5.13 Å². The molecule has 5 nitrogen and oxygen atoms in total. The van der Waals surface area contributed by atoms with Crippen molar-refractivity contribution in [3.8, 4) is 5.13 Å². The standard InChI is InChI=1S/C18H15N3O2S/c22-17(19-8-7-14-4-3-11-23-14)13-5-6-15-16(12-13)24-18(20-15)21-9-1-2-10-21/h1-6,9-12H,7-8H2,(H,19,22). The molecule has 0 atom stereocenters. The van der Waals surface area contributed by atoms with E-state index in [-0.39, 0.29) is 5.91 Å². The van der Waals surface area contributed by atoms with E-state index in [2.05, 4.69) is 10.3 Å². The summed E-state index contributed by atoms with van der Waals surface area (Å²) >= 11 is 1.57. The number of amides is 1. The summed E-state index contributed by atoms with van der Waals surface area (Å²) in [6.07, 6.45) is 6.23. The van der Waals surface area contributed by atoms with Crippen molar-refractivity contribution in [2.45, 2.75) is 6.42 Å². The normalized spacial score (nSPS) is 11.0. The number of furan rings is 1. The maximum Gasteiger partial charge on any atom is 0.251 e. The first-order valence-corrected chi connectivity index (χ1v) is 8.46.